The van der Waals surface area contributed by atoms with Crippen LogP contribution in [0.15, 0.2) is 29.8 Å². The number of nitrogens with zero attached hydrogens (tertiary/aromatic N) is 3. The van der Waals surface area contributed by atoms with Crippen LogP contribution in [0.25, 0.3) is 5.65 Å². The van der Waals surface area contributed by atoms with E-state index in [4.69, 9.17) is 9.72 Å². The van der Waals surface area contributed by atoms with Gasteiger partial charge < -0.3 is 9.14 Å². The van der Waals surface area contributed by atoms with Crippen LogP contribution in [-0.4, -0.2) is 21.0 Å². The molecule has 0 aromatic carbocycles. The van der Waals surface area contributed by atoms with E-state index in [9.17, 15) is 0 Å². The number of aryl methyl sites for hydroxylation is 1. The van der Waals surface area contributed by atoms with E-state index < -0.39 is 0 Å². The molecule has 0 unspecified atom stereocenters. The Morgan fingerprint density at radius 3 is 3.04 bits per heavy atom. The van der Waals surface area contributed by atoms with Crippen LogP contribution < -0.4 is 0 Å². The molecule has 4 nitrogen and oxygen atoms in total. The molecule has 0 amide bonds. The van der Waals surface area contributed by atoms with Gasteiger partial charge in [-0.2, -0.15) is 0 Å². The molecule has 3 aromatic rings. The smallest absolute Gasteiger partial charge is 0.137 e. The van der Waals surface area contributed by atoms with Gasteiger partial charge >= 0.3 is 0 Å². The average molecular weight is 345 g/mol. The first kappa shape index (κ1) is 15.2. The molecule has 120 valence electrons. The summed E-state index contributed by atoms with van der Waals surface area (Å²) in [5, 5.41) is 3.30. The number of pyridine rings is 1. The molecule has 4 heterocycles. The number of rotatable bonds is 5. The summed E-state index contributed by atoms with van der Waals surface area (Å²) in [5.41, 5.74) is 4.52. The topological polar surface area (TPSA) is 39.4 Å². The molecule has 1 atom stereocenters. The third kappa shape index (κ3) is 3.29. The molecule has 1 fully saturated rings. The van der Waals surface area contributed by atoms with Crippen LogP contribution in [0.5, 0.6) is 0 Å². The minimum atomic E-state index is 0.236. The Morgan fingerprint density at radius 1 is 1.30 bits per heavy atom. The van der Waals surface area contributed by atoms with Crippen molar-refractivity contribution in [3.63, 3.8) is 0 Å². The molecule has 3 aromatic heterocycles. The Hall–Kier alpha value is -1.37. The maximum atomic E-state index is 5.70. The van der Waals surface area contributed by atoms with E-state index in [1.165, 1.54) is 5.69 Å². The summed E-state index contributed by atoms with van der Waals surface area (Å²) < 4.78 is 7.85. The summed E-state index contributed by atoms with van der Waals surface area (Å²) in [6, 6.07) is 6.21. The fourth-order valence-electron chi connectivity index (χ4n) is 2.84. The van der Waals surface area contributed by atoms with Crippen LogP contribution in [0.4, 0.5) is 0 Å². The summed E-state index contributed by atoms with van der Waals surface area (Å²) in [4.78, 5) is 9.40. The Morgan fingerprint density at radius 2 is 2.22 bits per heavy atom. The molecule has 0 aliphatic carbocycles. The Labute approximate surface area is 143 Å². The van der Waals surface area contributed by atoms with Gasteiger partial charge in [-0.3, -0.25) is 0 Å². The van der Waals surface area contributed by atoms with Gasteiger partial charge in [-0.15, -0.1) is 23.1 Å². The van der Waals surface area contributed by atoms with Gasteiger partial charge in [-0.1, -0.05) is 6.07 Å². The van der Waals surface area contributed by atoms with Crippen molar-refractivity contribution in [1.29, 1.82) is 0 Å². The van der Waals surface area contributed by atoms with E-state index in [0.29, 0.717) is 0 Å². The molecule has 1 aliphatic rings. The zero-order valence-corrected chi connectivity index (χ0v) is 14.7. The number of fused-ring (bicyclic) bond motifs is 1. The standard InChI is InChI=1S/C17H19N3OS2/c1-12-4-2-6-16-18-13(8-20(12)16)9-22-10-14-11-23-17(19-14)15-5-3-7-21-15/h2,4,6,8,11,15H,3,5,7,9-10H2,1H3/t15-/m1/s1. The summed E-state index contributed by atoms with van der Waals surface area (Å²) in [6.07, 6.45) is 4.64. The van der Waals surface area contributed by atoms with Crippen LogP contribution >= 0.6 is 23.1 Å². The van der Waals surface area contributed by atoms with Crippen molar-refractivity contribution in [2.75, 3.05) is 6.61 Å². The lowest BCUT2D eigenvalue weighted by atomic mass is 10.2. The number of aromatic nitrogens is 3. The van der Waals surface area contributed by atoms with E-state index in [1.807, 2.05) is 11.8 Å². The molecule has 0 spiro atoms. The molecule has 1 saturated heterocycles. The second-order valence-electron chi connectivity index (χ2n) is 5.80. The predicted octanol–water partition coefficient (Wildman–Crippen LogP) is 4.38. The quantitative estimate of drug-likeness (QED) is 0.688. The highest BCUT2D eigenvalue weighted by Crippen LogP contribution is 2.31. The van der Waals surface area contributed by atoms with Gasteiger partial charge in [0.05, 0.1) is 11.4 Å². The van der Waals surface area contributed by atoms with E-state index in [-0.39, 0.29) is 6.10 Å². The van der Waals surface area contributed by atoms with Gasteiger partial charge in [0.1, 0.15) is 16.8 Å². The number of hydrogen-bond donors (Lipinski definition) is 0. The number of thiazole rings is 1. The number of thioether (sulfide) groups is 1. The summed E-state index contributed by atoms with van der Waals surface area (Å²) in [6.45, 7) is 2.98. The monoisotopic (exact) mass is 345 g/mol. The number of hydrogen-bond acceptors (Lipinski definition) is 5. The fourth-order valence-corrected chi connectivity index (χ4v) is 4.65. The zero-order valence-electron chi connectivity index (χ0n) is 13.1. The molecular weight excluding hydrogens is 326 g/mol. The molecule has 0 radical (unpaired) electrons. The maximum Gasteiger partial charge on any atom is 0.137 e. The van der Waals surface area contributed by atoms with E-state index in [0.717, 1.165) is 53.0 Å². The number of ether oxygens (including phenoxy) is 1. The van der Waals surface area contributed by atoms with Crippen LogP contribution in [0.2, 0.25) is 0 Å². The summed E-state index contributed by atoms with van der Waals surface area (Å²) in [5.74, 6) is 1.84. The maximum absolute atomic E-state index is 5.70. The molecular formula is C17H19N3OS2. The van der Waals surface area contributed by atoms with E-state index in [2.05, 4.69) is 46.1 Å². The van der Waals surface area contributed by atoms with Crippen molar-refractivity contribution in [1.82, 2.24) is 14.4 Å². The highest BCUT2D eigenvalue weighted by molar-refractivity contribution is 7.97. The Bertz CT molecular complexity index is 805. The van der Waals surface area contributed by atoms with Crippen molar-refractivity contribution in [3.05, 3.63) is 51.9 Å². The Kier molecular flexibility index (Phi) is 4.37. The average Bonchev–Trinajstić information content (AvgIpc) is 3.27. The van der Waals surface area contributed by atoms with Crippen molar-refractivity contribution < 1.29 is 4.74 Å². The minimum absolute atomic E-state index is 0.236. The zero-order chi connectivity index (χ0) is 15.6. The van der Waals surface area contributed by atoms with Crippen LogP contribution in [0.3, 0.4) is 0 Å². The van der Waals surface area contributed by atoms with Gasteiger partial charge in [0.25, 0.3) is 0 Å². The molecule has 23 heavy (non-hydrogen) atoms. The minimum Gasteiger partial charge on any atom is -0.371 e. The lowest BCUT2D eigenvalue weighted by Crippen LogP contribution is -1.95. The predicted molar refractivity (Wildman–Crippen MR) is 95.0 cm³/mol. The lowest BCUT2D eigenvalue weighted by molar-refractivity contribution is 0.111. The molecule has 0 N–H and O–H groups in total. The van der Waals surface area contributed by atoms with Gasteiger partial charge in [-0.05, 0) is 31.9 Å². The van der Waals surface area contributed by atoms with Crippen molar-refractivity contribution >= 4 is 28.7 Å². The van der Waals surface area contributed by atoms with E-state index >= 15 is 0 Å². The van der Waals surface area contributed by atoms with Crippen molar-refractivity contribution in [2.45, 2.75) is 37.4 Å². The van der Waals surface area contributed by atoms with Gasteiger partial charge in [0, 0.05) is 35.4 Å². The largest absolute Gasteiger partial charge is 0.371 e. The Balaban J connectivity index is 1.36. The van der Waals surface area contributed by atoms with Gasteiger partial charge in [0.15, 0.2) is 0 Å². The summed E-state index contributed by atoms with van der Waals surface area (Å²) in [7, 11) is 0. The van der Waals surface area contributed by atoms with Crippen LogP contribution in [-0.2, 0) is 16.2 Å². The van der Waals surface area contributed by atoms with Gasteiger partial charge in [-0.25, -0.2) is 9.97 Å². The highest BCUT2D eigenvalue weighted by atomic mass is 32.2. The third-order valence-corrected chi connectivity index (χ3v) is 6.01. The second-order valence-corrected chi connectivity index (χ2v) is 7.67. The molecule has 0 bridgehead atoms. The fraction of sp³-hybridized carbons (Fsp3) is 0.412. The first-order valence-electron chi connectivity index (χ1n) is 7.87. The first-order valence-corrected chi connectivity index (χ1v) is 9.90. The van der Waals surface area contributed by atoms with Crippen LogP contribution in [0, 0.1) is 6.92 Å². The van der Waals surface area contributed by atoms with Crippen LogP contribution in [0.1, 0.15) is 41.0 Å². The first-order chi connectivity index (χ1) is 11.3. The highest BCUT2D eigenvalue weighted by Gasteiger charge is 2.20. The molecule has 6 heteroatoms. The van der Waals surface area contributed by atoms with Crippen molar-refractivity contribution in [3.8, 4) is 0 Å². The normalized spacial score (nSPS) is 18.0. The molecule has 4 rings (SSSR count). The molecule has 0 saturated carbocycles. The van der Waals surface area contributed by atoms with E-state index in [1.54, 1.807) is 11.3 Å². The number of imidazole rings is 1. The lowest BCUT2D eigenvalue weighted by Gasteiger charge is -2.03. The molecule has 1 aliphatic heterocycles. The third-order valence-electron chi connectivity index (χ3n) is 4.02. The van der Waals surface area contributed by atoms with Crippen molar-refractivity contribution in [2.24, 2.45) is 0 Å². The van der Waals surface area contributed by atoms with Gasteiger partial charge in [0.2, 0.25) is 0 Å². The SMILES string of the molecule is Cc1cccc2nc(CSCc3csc([C@H]4CCCO4)n3)cn12. The summed E-state index contributed by atoms with van der Waals surface area (Å²) >= 11 is 3.59. The second kappa shape index (κ2) is 6.63.